The van der Waals surface area contributed by atoms with Gasteiger partial charge in [0.25, 0.3) is 0 Å². The number of unbranched alkanes of at least 4 members (excludes halogenated alkanes) is 3. The van der Waals surface area contributed by atoms with E-state index in [4.69, 9.17) is 5.11 Å². The molecule has 0 saturated carbocycles. The number of rotatable bonds is 8. The molecule has 108 valence electrons. The van der Waals surface area contributed by atoms with Crippen LogP contribution in [-0.2, 0) is 16.6 Å². The molecule has 4 nitrogen and oxygen atoms in total. The molecule has 6 heteroatoms. The lowest BCUT2D eigenvalue weighted by Gasteiger charge is -2.08. The minimum absolute atomic E-state index is 0.0196. The number of benzene rings is 1. The molecule has 0 spiro atoms. The average molecular weight is 289 g/mol. The largest absolute Gasteiger partial charge is 0.392 e. The quantitative estimate of drug-likeness (QED) is 0.721. The van der Waals surface area contributed by atoms with Crippen molar-refractivity contribution in [2.24, 2.45) is 0 Å². The predicted octanol–water partition coefficient (Wildman–Crippen LogP) is 2.18. The molecule has 0 heterocycles. The molecule has 0 aliphatic carbocycles. The summed E-state index contributed by atoms with van der Waals surface area (Å²) in [4.78, 5) is -0.0200. The van der Waals surface area contributed by atoms with Gasteiger partial charge in [-0.3, -0.25) is 0 Å². The summed E-state index contributed by atoms with van der Waals surface area (Å²) in [7, 11) is -3.62. The zero-order valence-corrected chi connectivity index (χ0v) is 11.8. The van der Waals surface area contributed by atoms with Crippen LogP contribution >= 0.6 is 0 Å². The van der Waals surface area contributed by atoms with Crippen molar-refractivity contribution < 1.29 is 17.9 Å². The van der Waals surface area contributed by atoms with Crippen LogP contribution in [0.1, 0.15) is 38.2 Å². The first-order valence-electron chi connectivity index (χ1n) is 6.40. The molecule has 19 heavy (non-hydrogen) atoms. The Hall–Kier alpha value is -0.980. The SMILES string of the molecule is CCCCCCNS(=O)(=O)c1ccc(F)c(CO)c1. The maximum absolute atomic E-state index is 13.2. The predicted molar refractivity (Wildman–Crippen MR) is 71.7 cm³/mol. The summed E-state index contributed by atoms with van der Waals surface area (Å²) in [5, 5.41) is 8.93. The van der Waals surface area contributed by atoms with Crippen LogP contribution in [0.25, 0.3) is 0 Å². The lowest BCUT2D eigenvalue weighted by molar-refractivity contribution is 0.275. The van der Waals surface area contributed by atoms with Crippen LogP contribution in [0.15, 0.2) is 23.1 Å². The van der Waals surface area contributed by atoms with Crippen molar-refractivity contribution in [1.29, 1.82) is 0 Å². The van der Waals surface area contributed by atoms with E-state index < -0.39 is 22.4 Å². The molecule has 0 aliphatic rings. The van der Waals surface area contributed by atoms with Crippen molar-refractivity contribution in [3.05, 3.63) is 29.6 Å². The lowest BCUT2D eigenvalue weighted by Crippen LogP contribution is -2.25. The van der Waals surface area contributed by atoms with Gasteiger partial charge in [0, 0.05) is 12.1 Å². The first kappa shape index (κ1) is 16.1. The molecular formula is C13H20FNO3S. The van der Waals surface area contributed by atoms with Gasteiger partial charge in [0.1, 0.15) is 5.82 Å². The monoisotopic (exact) mass is 289 g/mol. The summed E-state index contributed by atoms with van der Waals surface area (Å²) in [5.41, 5.74) is -0.0196. The molecule has 0 atom stereocenters. The smallest absolute Gasteiger partial charge is 0.240 e. The van der Waals surface area contributed by atoms with Crippen molar-refractivity contribution in [3.8, 4) is 0 Å². The maximum atomic E-state index is 13.2. The molecule has 2 N–H and O–H groups in total. The minimum atomic E-state index is -3.62. The average Bonchev–Trinajstić information content (AvgIpc) is 2.38. The normalized spacial score (nSPS) is 11.7. The molecule has 0 unspecified atom stereocenters. The zero-order valence-electron chi connectivity index (χ0n) is 11.0. The second-order valence-corrected chi connectivity index (χ2v) is 6.14. The van der Waals surface area contributed by atoms with Gasteiger partial charge in [-0.05, 0) is 24.6 Å². The highest BCUT2D eigenvalue weighted by molar-refractivity contribution is 7.89. The number of nitrogens with one attached hydrogen (secondary N) is 1. The molecule has 0 bridgehead atoms. The summed E-state index contributed by atoms with van der Waals surface area (Å²) < 4.78 is 39.5. The van der Waals surface area contributed by atoms with Gasteiger partial charge >= 0.3 is 0 Å². The highest BCUT2D eigenvalue weighted by atomic mass is 32.2. The Morgan fingerprint density at radius 1 is 1.26 bits per heavy atom. The van der Waals surface area contributed by atoms with Gasteiger partial charge in [-0.1, -0.05) is 26.2 Å². The molecule has 1 rings (SSSR count). The van der Waals surface area contributed by atoms with Crippen molar-refractivity contribution in [2.45, 2.75) is 44.1 Å². The highest BCUT2D eigenvalue weighted by Gasteiger charge is 2.15. The Morgan fingerprint density at radius 3 is 2.63 bits per heavy atom. The second kappa shape index (κ2) is 7.57. The summed E-state index contributed by atoms with van der Waals surface area (Å²) in [5.74, 6) is -0.607. The first-order valence-corrected chi connectivity index (χ1v) is 7.88. The van der Waals surface area contributed by atoms with Gasteiger partial charge in [0.15, 0.2) is 0 Å². The summed E-state index contributed by atoms with van der Waals surface area (Å²) in [6.45, 7) is 1.93. The fourth-order valence-electron chi connectivity index (χ4n) is 1.68. The Bertz CT molecular complexity index is 503. The highest BCUT2D eigenvalue weighted by Crippen LogP contribution is 2.15. The molecule has 0 fully saturated rings. The third-order valence-corrected chi connectivity index (χ3v) is 4.28. The van der Waals surface area contributed by atoms with Crippen LogP contribution in [0, 0.1) is 5.82 Å². The van der Waals surface area contributed by atoms with E-state index in [1.165, 1.54) is 6.07 Å². The fourth-order valence-corrected chi connectivity index (χ4v) is 2.81. The van der Waals surface area contributed by atoms with Crippen molar-refractivity contribution in [1.82, 2.24) is 4.72 Å². The van der Waals surface area contributed by atoms with Crippen LogP contribution in [0.3, 0.4) is 0 Å². The number of aliphatic hydroxyl groups is 1. The van der Waals surface area contributed by atoms with E-state index in [2.05, 4.69) is 11.6 Å². The Kier molecular flexibility index (Phi) is 6.41. The number of aliphatic hydroxyl groups excluding tert-OH is 1. The van der Waals surface area contributed by atoms with E-state index in [1.807, 2.05) is 0 Å². The topological polar surface area (TPSA) is 66.4 Å². The minimum Gasteiger partial charge on any atom is -0.392 e. The number of halogens is 1. The maximum Gasteiger partial charge on any atom is 0.240 e. The van der Waals surface area contributed by atoms with Gasteiger partial charge in [0.2, 0.25) is 10.0 Å². The molecule has 0 saturated heterocycles. The van der Waals surface area contributed by atoms with Gasteiger partial charge < -0.3 is 5.11 Å². The van der Waals surface area contributed by atoms with Gasteiger partial charge in [-0.15, -0.1) is 0 Å². The van der Waals surface area contributed by atoms with Crippen LogP contribution in [0.5, 0.6) is 0 Å². The molecule has 1 aromatic carbocycles. The molecule has 1 aromatic rings. The zero-order chi connectivity index (χ0) is 14.3. The Morgan fingerprint density at radius 2 is 2.00 bits per heavy atom. The molecular weight excluding hydrogens is 269 g/mol. The third kappa shape index (κ3) is 4.89. The second-order valence-electron chi connectivity index (χ2n) is 4.37. The van der Waals surface area contributed by atoms with E-state index in [0.29, 0.717) is 6.54 Å². The summed E-state index contributed by atoms with van der Waals surface area (Å²) in [6, 6.07) is 3.41. The Balaban J connectivity index is 2.67. The van der Waals surface area contributed by atoms with Gasteiger partial charge in [-0.25, -0.2) is 17.5 Å². The van der Waals surface area contributed by atoms with E-state index in [-0.39, 0.29) is 10.5 Å². The van der Waals surface area contributed by atoms with Crippen molar-refractivity contribution in [3.63, 3.8) is 0 Å². The van der Waals surface area contributed by atoms with E-state index in [9.17, 15) is 12.8 Å². The van der Waals surface area contributed by atoms with Crippen LogP contribution < -0.4 is 4.72 Å². The number of hydrogen-bond acceptors (Lipinski definition) is 3. The summed E-state index contributed by atoms with van der Waals surface area (Å²) >= 11 is 0. The number of sulfonamides is 1. The standard InChI is InChI=1S/C13H20FNO3S/c1-2-3-4-5-8-15-19(17,18)12-6-7-13(14)11(9-12)10-16/h6-7,9,15-16H,2-5,8,10H2,1H3. The van der Waals surface area contributed by atoms with Crippen molar-refractivity contribution >= 4 is 10.0 Å². The Labute approximate surface area is 113 Å². The van der Waals surface area contributed by atoms with Crippen LogP contribution in [-0.4, -0.2) is 20.1 Å². The van der Waals surface area contributed by atoms with E-state index in [1.54, 1.807) is 0 Å². The summed E-state index contributed by atoms with van der Waals surface area (Å²) in [6.07, 6.45) is 3.92. The van der Waals surface area contributed by atoms with Crippen molar-refractivity contribution in [2.75, 3.05) is 6.54 Å². The number of hydrogen-bond donors (Lipinski definition) is 2. The first-order chi connectivity index (χ1) is 9.01. The lowest BCUT2D eigenvalue weighted by atomic mass is 10.2. The molecule has 0 aliphatic heterocycles. The third-order valence-electron chi connectivity index (χ3n) is 2.82. The van der Waals surface area contributed by atoms with E-state index >= 15 is 0 Å². The van der Waals surface area contributed by atoms with Crippen LogP contribution in [0.4, 0.5) is 4.39 Å². The van der Waals surface area contributed by atoms with E-state index in [0.717, 1.165) is 37.8 Å². The molecule has 0 aromatic heterocycles. The van der Waals surface area contributed by atoms with Gasteiger partial charge in [-0.2, -0.15) is 0 Å². The molecule has 0 radical (unpaired) electrons. The molecule has 0 amide bonds. The van der Waals surface area contributed by atoms with Crippen LogP contribution in [0.2, 0.25) is 0 Å². The van der Waals surface area contributed by atoms with Gasteiger partial charge in [0.05, 0.1) is 11.5 Å². The fraction of sp³-hybridized carbons (Fsp3) is 0.538.